The molecule has 0 aliphatic heterocycles. The van der Waals surface area contributed by atoms with Gasteiger partial charge < -0.3 is 5.11 Å². The van der Waals surface area contributed by atoms with E-state index in [2.05, 4.69) is 39.8 Å². The second-order valence-electron chi connectivity index (χ2n) is 10.1. The lowest BCUT2D eigenvalue weighted by Gasteiger charge is -2.61. The van der Waals surface area contributed by atoms with E-state index in [1.54, 1.807) is 0 Å². The molecule has 0 radical (unpaired) electrons. The first-order valence-electron chi connectivity index (χ1n) is 10.2. The second kappa shape index (κ2) is 5.10. The van der Waals surface area contributed by atoms with Crippen LogP contribution in [-0.2, 0) is 0 Å². The molecule has 1 heteroatoms. The maximum absolute atomic E-state index is 11.5. The molecule has 0 spiro atoms. The molecule has 7 atom stereocenters. The van der Waals surface area contributed by atoms with Crippen molar-refractivity contribution >= 4 is 0 Å². The van der Waals surface area contributed by atoms with Gasteiger partial charge in [0.1, 0.15) is 0 Å². The Morgan fingerprint density at radius 1 is 0.957 bits per heavy atom. The number of allylic oxidation sites excluding steroid dienone is 2. The summed E-state index contributed by atoms with van der Waals surface area (Å²) >= 11 is 0. The Balaban J connectivity index is 1.67. The zero-order valence-corrected chi connectivity index (χ0v) is 15.6. The highest BCUT2D eigenvalue weighted by Crippen LogP contribution is 2.68. The molecule has 4 aliphatic carbocycles. The second-order valence-corrected chi connectivity index (χ2v) is 10.1. The third kappa shape index (κ3) is 1.95. The third-order valence-corrected chi connectivity index (χ3v) is 9.38. The summed E-state index contributed by atoms with van der Waals surface area (Å²) in [6.07, 6.45) is 15.3. The van der Waals surface area contributed by atoms with Gasteiger partial charge in [-0.05, 0) is 91.8 Å². The summed E-state index contributed by atoms with van der Waals surface area (Å²) in [6.45, 7) is 9.52. The predicted octanol–water partition coefficient (Wildman–Crippen LogP) is 5.58. The normalized spacial score (nSPS) is 55.4. The van der Waals surface area contributed by atoms with Gasteiger partial charge in [0.15, 0.2) is 0 Å². The summed E-state index contributed by atoms with van der Waals surface area (Å²) < 4.78 is 0. The van der Waals surface area contributed by atoms with Gasteiger partial charge in [0.2, 0.25) is 0 Å². The van der Waals surface area contributed by atoms with E-state index in [0.29, 0.717) is 11.3 Å². The number of hydrogen-bond acceptors (Lipinski definition) is 1. The van der Waals surface area contributed by atoms with Crippen LogP contribution in [0.15, 0.2) is 12.2 Å². The van der Waals surface area contributed by atoms with Gasteiger partial charge in [0, 0.05) is 0 Å². The number of aliphatic hydroxyl groups is 1. The van der Waals surface area contributed by atoms with Crippen LogP contribution in [0, 0.1) is 40.4 Å². The predicted molar refractivity (Wildman–Crippen MR) is 96.0 cm³/mol. The van der Waals surface area contributed by atoms with Gasteiger partial charge in [-0.25, -0.2) is 0 Å². The first-order chi connectivity index (χ1) is 10.8. The van der Waals surface area contributed by atoms with Gasteiger partial charge >= 0.3 is 0 Å². The highest BCUT2D eigenvalue weighted by atomic mass is 16.3. The van der Waals surface area contributed by atoms with Crippen molar-refractivity contribution in [3.05, 3.63) is 12.2 Å². The first-order valence-corrected chi connectivity index (χ1v) is 10.2. The number of fused-ring (bicyclic) bond motifs is 5. The fourth-order valence-corrected chi connectivity index (χ4v) is 7.84. The molecule has 0 bridgehead atoms. The fraction of sp³-hybridized carbons (Fsp3) is 0.909. The summed E-state index contributed by atoms with van der Waals surface area (Å²) in [5.41, 5.74) is 0.278. The molecule has 0 amide bonds. The SMILES string of the molecule is CC(C)C1(O)CCC2C3CCC4CC=CCC4(C)C3CCC21C. The Morgan fingerprint density at radius 2 is 1.70 bits per heavy atom. The summed E-state index contributed by atoms with van der Waals surface area (Å²) in [7, 11) is 0. The van der Waals surface area contributed by atoms with Crippen LogP contribution in [0.5, 0.6) is 0 Å². The van der Waals surface area contributed by atoms with Gasteiger partial charge in [0.05, 0.1) is 5.60 Å². The molecule has 4 aliphatic rings. The maximum atomic E-state index is 11.5. The van der Waals surface area contributed by atoms with E-state index in [0.717, 1.165) is 30.1 Å². The van der Waals surface area contributed by atoms with Gasteiger partial charge in [-0.2, -0.15) is 0 Å². The first kappa shape index (κ1) is 16.2. The van der Waals surface area contributed by atoms with E-state index in [4.69, 9.17) is 0 Å². The molecule has 1 N–H and O–H groups in total. The highest BCUT2D eigenvalue weighted by molar-refractivity contribution is 5.16. The Morgan fingerprint density at radius 3 is 2.43 bits per heavy atom. The summed E-state index contributed by atoms with van der Waals surface area (Å²) in [6, 6.07) is 0. The lowest BCUT2D eigenvalue weighted by Crippen LogP contribution is -2.57. The Hall–Kier alpha value is -0.300. The van der Waals surface area contributed by atoms with E-state index in [1.807, 2.05) is 0 Å². The molecule has 3 fully saturated rings. The molecule has 0 saturated heterocycles. The van der Waals surface area contributed by atoms with Crippen molar-refractivity contribution in [2.45, 2.75) is 84.7 Å². The van der Waals surface area contributed by atoms with Gasteiger partial charge in [-0.1, -0.05) is 39.8 Å². The van der Waals surface area contributed by atoms with Gasteiger partial charge in [-0.3, -0.25) is 0 Å². The smallest absolute Gasteiger partial charge is 0.0726 e. The van der Waals surface area contributed by atoms with Crippen LogP contribution in [0.3, 0.4) is 0 Å². The van der Waals surface area contributed by atoms with E-state index < -0.39 is 5.60 Å². The lowest BCUT2D eigenvalue weighted by atomic mass is 9.44. The third-order valence-electron chi connectivity index (χ3n) is 9.38. The van der Waals surface area contributed by atoms with Crippen LogP contribution in [0.25, 0.3) is 0 Å². The molecular formula is C22H36O. The van der Waals surface area contributed by atoms with Crippen LogP contribution >= 0.6 is 0 Å². The Bertz CT molecular complexity index is 508. The highest BCUT2D eigenvalue weighted by Gasteiger charge is 2.64. The molecule has 0 heterocycles. The summed E-state index contributed by atoms with van der Waals surface area (Å²) in [4.78, 5) is 0. The van der Waals surface area contributed by atoms with Crippen LogP contribution in [0.4, 0.5) is 0 Å². The Labute approximate surface area is 142 Å². The molecule has 3 saturated carbocycles. The monoisotopic (exact) mass is 316 g/mol. The molecule has 0 aromatic rings. The van der Waals surface area contributed by atoms with E-state index in [1.165, 1.54) is 44.9 Å². The zero-order valence-electron chi connectivity index (χ0n) is 15.6. The molecule has 7 unspecified atom stereocenters. The van der Waals surface area contributed by atoms with Crippen molar-refractivity contribution < 1.29 is 5.11 Å². The molecule has 130 valence electrons. The standard InChI is InChI=1S/C22H36O/c1-15(2)22(23)14-11-19-17-9-8-16-7-5-6-12-20(16,3)18(17)10-13-21(19,22)4/h5-6,15-19,23H,7-14H2,1-4H3. The van der Waals surface area contributed by atoms with Crippen LogP contribution < -0.4 is 0 Å². The van der Waals surface area contributed by atoms with Crippen molar-refractivity contribution in [2.24, 2.45) is 40.4 Å². The van der Waals surface area contributed by atoms with E-state index in [9.17, 15) is 5.11 Å². The average molecular weight is 317 g/mol. The van der Waals surface area contributed by atoms with Crippen LogP contribution in [0.2, 0.25) is 0 Å². The van der Waals surface area contributed by atoms with Crippen molar-refractivity contribution in [2.75, 3.05) is 0 Å². The lowest BCUT2D eigenvalue weighted by molar-refractivity contribution is -0.160. The number of hydrogen-bond donors (Lipinski definition) is 1. The van der Waals surface area contributed by atoms with Gasteiger partial charge in [-0.15, -0.1) is 0 Å². The van der Waals surface area contributed by atoms with Gasteiger partial charge in [0.25, 0.3) is 0 Å². The van der Waals surface area contributed by atoms with Crippen molar-refractivity contribution in [3.63, 3.8) is 0 Å². The van der Waals surface area contributed by atoms with Crippen LogP contribution in [-0.4, -0.2) is 10.7 Å². The van der Waals surface area contributed by atoms with Crippen molar-refractivity contribution in [1.82, 2.24) is 0 Å². The van der Waals surface area contributed by atoms with Crippen molar-refractivity contribution in [3.8, 4) is 0 Å². The topological polar surface area (TPSA) is 20.2 Å². The fourth-order valence-electron chi connectivity index (χ4n) is 7.84. The average Bonchev–Trinajstić information content (AvgIpc) is 2.80. The quantitative estimate of drug-likeness (QED) is 0.626. The minimum atomic E-state index is -0.424. The van der Waals surface area contributed by atoms with Crippen molar-refractivity contribution in [1.29, 1.82) is 0 Å². The molecule has 0 aromatic heterocycles. The molecular weight excluding hydrogens is 280 g/mol. The van der Waals surface area contributed by atoms with E-state index in [-0.39, 0.29) is 5.41 Å². The molecule has 0 aromatic carbocycles. The minimum absolute atomic E-state index is 0.163. The molecule has 1 nitrogen and oxygen atoms in total. The molecule has 4 rings (SSSR count). The maximum Gasteiger partial charge on any atom is 0.0726 e. The van der Waals surface area contributed by atoms with Crippen LogP contribution in [0.1, 0.15) is 79.1 Å². The molecule has 23 heavy (non-hydrogen) atoms. The summed E-state index contributed by atoms with van der Waals surface area (Å²) in [5, 5.41) is 11.5. The minimum Gasteiger partial charge on any atom is -0.389 e. The number of rotatable bonds is 1. The van der Waals surface area contributed by atoms with E-state index >= 15 is 0 Å². The largest absolute Gasteiger partial charge is 0.389 e. The Kier molecular flexibility index (Phi) is 3.59. The zero-order chi connectivity index (χ0) is 16.5. The summed E-state index contributed by atoms with van der Waals surface area (Å²) in [5.74, 6) is 3.84.